The number of rotatable bonds is 7. The molecule has 0 fully saturated rings. The number of halogens is 1. The highest BCUT2D eigenvalue weighted by molar-refractivity contribution is 6.32. The average molecular weight is 300 g/mol. The van der Waals surface area contributed by atoms with Gasteiger partial charge in [0.25, 0.3) is 0 Å². The van der Waals surface area contributed by atoms with E-state index in [1.807, 2.05) is 12.1 Å². The van der Waals surface area contributed by atoms with Gasteiger partial charge in [-0.1, -0.05) is 11.6 Å². The minimum absolute atomic E-state index is 0.152. The van der Waals surface area contributed by atoms with Crippen molar-refractivity contribution in [3.05, 3.63) is 22.7 Å². The molecule has 0 radical (unpaired) electrons. The van der Waals surface area contributed by atoms with Crippen LogP contribution in [-0.2, 0) is 16.1 Å². The molecule has 0 spiro atoms. The van der Waals surface area contributed by atoms with Crippen LogP contribution in [-0.4, -0.2) is 25.9 Å². The molecule has 0 aliphatic carbocycles. The van der Waals surface area contributed by atoms with Crippen molar-refractivity contribution < 1.29 is 19.0 Å². The third kappa shape index (κ3) is 4.02. The maximum Gasteiger partial charge on any atom is 0.305 e. The molecule has 0 unspecified atom stereocenters. The summed E-state index contributed by atoms with van der Waals surface area (Å²) in [5.41, 5.74) is 1.02. The minimum atomic E-state index is -0.152. The number of esters is 1. The quantitative estimate of drug-likeness (QED) is 0.619. The first-order valence-electron chi connectivity index (χ1n) is 6.65. The van der Waals surface area contributed by atoms with Crippen molar-refractivity contribution in [1.29, 1.82) is 0 Å². The van der Waals surface area contributed by atoms with Crippen LogP contribution < -0.4 is 14.8 Å². The summed E-state index contributed by atoms with van der Waals surface area (Å²) in [7, 11) is 0. The van der Waals surface area contributed by atoms with E-state index >= 15 is 0 Å². The Balaban J connectivity index is 1.72. The smallest absolute Gasteiger partial charge is 0.305 e. The van der Waals surface area contributed by atoms with E-state index in [0.29, 0.717) is 36.1 Å². The number of fused-ring (bicyclic) bond motifs is 1. The molecule has 1 N–H and O–H groups in total. The summed E-state index contributed by atoms with van der Waals surface area (Å²) >= 11 is 6.10. The van der Waals surface area contributed by atoms with Crippen molar-refractivity contribution in [2.45, 2.75) is 26.3 Å². The molecule has 0 bridgehead atoms. The summed E-state index contributed by atoms with van der Waals surface area (Å²) in [6, 6.07) is 3.76. The number of nitrogens with one attached hydrogen (secondary N) is 1. The van der Waals surface area contributed by atoms with E-state index < -0.39 is 0 Å². The molecule has 2 rings (SSSR count). The maximum absolute atomic E-state index is 11.2. The van der Waals surface area contributed by atoms with Gasteiger partial charge in [0.05, 0.1) is 11.6 Å². The van der Waals surface area contributed by atoms with Crippen LogP contribution in [0.1, 0.15) is 25.3 Å². The fourth-order valence-electron chi connectivity index (χ4n) is 1.95. The summed E-state index contributed by atoms with van der Waals surface area (Å²) in [6.45, 7) is 3.86. The Morgan fingerprint density at radius 2 is 2.30 bits per heavy atom. The van der Waals surface area contributed by atoms with Gasteiger partial charge in [-0.2, -0.15) is 0 Å². The van der Waals surface area contributed by atoms with Crippen LogP contribution in [0.25, 0.3) is 0 Å². The van der Waals surface area contributed by atoms with Crippen LogP contribution in [0.3, 0.4) is 0 Å². The molecule has 0 amide bonds. The van der Waals surface area contributed by atoms with Gasteiger partial charge in [-0.05, 0) is 37.6 Å². The summed E-state index contributed by atoms with van der Waals surface area (Å²) < 4.78 is 15.4. The van der Waals surface area contributed by atoms with E-state index in [9.17, 15) is 4.79 Å². The topological polar surface area (TPSA) is 56.8 Å². The summed E-state index contributed by atoms with van der Waals surface area (Å²) in [4.78, 5) is 11.2. The highest BCUT2D eigenvalue weighted by Gasteiger charge is 2.17. The Morgan fingerprint density at radius 3 is 3.10 bits per heavy atom. The molecule has 0 aromatic heterocycles. The molecule has 0 saturated heterocycles. The molecular formula is C14H18ClNO4. The normalized spacial score (nSPS) is 12.5. The fourth-order valence-corrected chi connectivity index (χ4v) is 2.23. The zero-order chi connectivity index (χ0) is 14.4. The predicted octanol–water partition coefficient (Wildman–Crippen LogP) is 2.50. The third-order valence-electron chi connectivity index (χ3n) is 2.86. The van der Waals surface area contributed by atoms with Crippen molar-refractivity contribution in [3.8, 4) is 11.5 Å². The van der Waals surface area contributed by atoms with Gasteiger partial charge in [-0.3, -0.25) is 4.79 Å². The van der Waals surface area contributed by atoms with Crippen LogP contribution in [0.2, 0.25) is 5.02 Å². The van der Waals surface area contributed by atoms with Crippen LogP contribution in [0.15, 0.2) is 12.1 Å². The third-order valence-corrected chi connectivity index (χ3v) is 3.14. The maximum atomic E-state index is 11.2. The highest BCUT2D eigenvalue weighted by atomic mass is 35.5. The number of carbonyl (C=O) groups is 1. The molecule has 1 heterocycles. The lowest BCUT2D eigenvalue weighted by Crippen LogP contribution is -2.16. The monoisotopic (exact) mass is 299 g/mol. The second-order valence-electron chi connectivity index (χ2n) is 4.40. The Hall–Kier alpha value is -1.46. The predicted molar refractivity (Wildman–Crippen MR) is 75.1 cm³/mol. The average Bonchev–Trinajstić information content (AvgIpc) is 2.87. The minimum Gasteiger partial charge on any atom is -0.466 e. The standard InChI is InChI=1S/C14H18ClNO4/c1-2-18-13(17)4-3-5-16-8-10-6-11(15)14-12(7-10)19-9-20-14/h6-7,16H,2-5,8-9H2,1H3. The molecule has 1 aromatic carbocycles. The summed E-state index contributed by atoms with van der Waals surface area (Å²) in [5, 5.41) is 3.81. The molecule has 0 saturated carbocycles. The summed E-state index contributed by atoms with van der Waals surface area (Å²) in [6.07, 6.45) is 1.18. The first kappa shape index (κ1) is 14.9. The number of benzene rings is 1. The lowest BCUT2D eigenvalue weighted by Gasteiger charge is -2.07. The Morgan fingerprint density at radius 1 is 1.45 bits per heavy atom. The molecule has 110 valence electrons. The van der Waals surface area contributed by atoms with Gasteiger partial charge >= 0.3 is 5.97 Å². The van der Waals surface area contributed by atoms with Crippen LogP contribution >= 0.6 is 11.6 Å². The van der Waals surface area contributed by atoms with Crippen molar-refractivity contribution in [2.24, 2.45) is 0 Å². The second kappa shape index (κ2) is 7.36. The van der Waals surface area contributed by atoms with Crippen LogP contribution in [0, 0.1) is 0 Å². The number of ether oxygens (including phenoxy) is 3. The van der Waals surface area contributed by atoms with Gasteiger partial charge in [-0.25, -0.2) is 0 Å². The van der Waals surface area contributed by atoms with Crippen molar-refractivity contribution in [2.75, 3.05) is 19.9 Å². The largest absolute Gasteiger partial charge is 0.466 e. The van der Waals surface area contributed by atoms with Crippen molar-refractivity contribution >= 4 is 17.6 Å². The zero-order valence-corrected chi connectivity index (χ0v) is 12.2. The Bertz CT molecular complexity index is 478. The van der Waals surface area contributed by atoms with Gasteiger partial charge in [0.15, 0.2) is 11.5 Å². The molecule has 1 aromatic rings. The number of hydrogen-bond donors (Lipinski definition) is 1. The van der Waals surface area contributed by atoms with Gasteiger partial charge in [0, 0.05) is 13.0 Å². The highest BCUT2D eigenvalue weighted by Crippen LogP contribution is 2.39. The molecule has 1 aliphatic rings. The van der Waals surface area contributed by atoms with E-state index in [1.54, 1.807) is 6.92 Å². The van der Waals surface area contributed by atoms with Gasteiger partial charge in [0.2, 0.25) is 6.79 Å². The zero-order valence-electron chi connectivity index (χ0n) is 11.4. The second-order valence-corrected chi connectivity index (χ2v) is 4.80. The lowest BCUT2D eigenvalue weighted by molar-refractivity contribution is -0.143. The fraction of sp³-hybridized carbons (Fsp3) is 0.500. The van der Waals surface area contributed by atoms with E-state index in [4.69, 9.17) is 25.8 Å². The van der Waals surface area contributed by atoms with E-state index in [-0.39, 0.29) is 12.8 Å². The Kier molecular flexibility index (Phi) is 5.49. The van der Waals surface area contributed by atoms with Crippen molar-refractivity contribution in [3.63, 3.8) is 0 Å². The Labute approximate surface area is 123 Å². The SMILES string of the molecule is CCOC(=O)CCCNCc1cc(Cl)c2c(c1)OCO2. The lowest BCUT2D eigenvalue weighted by atomic mass is 10.2. The molecule has 0 atom stereocenters. The first-order chi connectivity index (χ1) is 9.70. The van der Waals surface area contributed by atoms with E-state index in [1.165, 1.54) is 0 Å². The molecule has 1 aliphatic heterocycles. The molecule has 5 nitrogen and oxygen atoms in total. The summed E-state index contributed by atoms with van der Waals surface area (Å²) in [5.74, 6) is 1.14. The van der Waals surface area contributed by atoms with Crippen LogP contribution in [0.4, 0.5) is 0 Å². The van der Waals surface area contributed by atoms with Crippen LogP contribution in [0.5, 0.6) is 11.5 Å². The van der Waals surface area contributed by atoms with Gasteiger partial charge in [-0.15, -0.1) is 0 Å². The molecule has 20 heavy (non-hydrogen) atoms. The number of carbonyl (C=O) groups excluding carboxylic acids is 1. The van der Waals surface area contributed by atoms with E-state index in [0.717, 1.165) is 18.5 Å². The molecular weight excluding hydrogens is 282 g/mol. The van der Waals surface area contributed by atoms with E-state index in [2.05, 4.69) is 5.32 Å². The first-order valence-corrected chi connectivity index (χ1v) is 7.03. The van der Waals surface area contributed by atoms with Crippen molar-refractivity contribution in [1.82, 2.24) is 5.32 Å². The van der Waals surface area contributed by atoms with Gasteiger partial charge < -0.3 is 19.5 Å². The number of hydrogen-bond acceptors (Lipinski definition) is 5. The molecule has 6 heteroatoms. The van der Waals surface area contributed by atoms with Gasteiger partial charge in [0.1, 0.15) is 0 Å².